The van der Waals surface area contributed by atoms with Crippen LogP contribution in [0.5, 0.6) is 5.75 Å². The Morgan fingerprint density at radius 2 is 1.76 bits per heavy atom. The van der Waals surface area contributed by atoms with Crippen molar-refractivity contribution in [3.63, 3.8) is 0 Å². The Hall–Kier alpha value is -2.40. The number of benzene rings is 2. The Bertz CT molecular complexity index is 706. The highest BCUT2D eigenvalue weighted by molar-refractivity contribution is 5.81. The highest BCUT2D eigenvalue weighted by atomic mass is 19.1. The van der Waals surface area contributed by atoms with Crippen LogP contribution in [-0.2, 0) is 17.9 Å². The monoisotopic (exact) mass is 344 g/mol. The fourth-order valence-corrected chi connectivity index (χ4v) is 2.68. The van der Waals surface area contributed by atoms with Gasteiger partial charge in [0.05, 0.1) is 13.2 Å². The summed E-state index contributed by atoms with van der Waals surface area (Å²) in [6, 6.07) is 14.4. The number of methoxy groups -OCH3 is 1. The van der Waals surface area contributed by atoms with Gasteiger partial charge in [-0.1, -0.05) is 36.4 Å². The van der Waals surface area contributed by atoms with Crippen LogP contribution in [0.2, 0.25) is 0 Å². The predicted molar refractivity (Wildman–Crippen MR) is 96.8 cm³/mol. The van der Waals surface area contributed by atoms with Crippen molar-refractivity contribution >= 4 is 5.91 Å². The lowest BCUT2D eigenvalue weighted by molar-refractivity contribution is -0.135. The third-order valence-electron chi connectivity index (χ3n) is 4.31. The predicted octanol–water partition coefficient (Wildman–Crippen LogP) is 3.31. The molecule has 0 aliphatic heterocycles. The molecule has 0 saturated carbocycles. The largest absolute Gasteiger partial charge is 0.494 e. The molecule has 134 valence electrons. The van der Waals surface area contributed by atoms with Crippen molar-refractivity contribution in [2.75, 3.05) is 21.2 Å². The molecule has 0 fully saturated rings. The van der Waals surface area contributed by atoms with Crippen molar-refractivity contribution in [3.05, 3.63) is 65.5 Å². The molecule has 1 amide bonds. The lowest BCUT2D eigenvalue weighted by Gasteiger charge is -2.28. The number of carbonyl (C=O) groups excluding carboxylic acids is 1. The van der Waals surface area contributed by atoms with E-state index in [1.54, 1.807) is 18.0 Å². The van der Waals surface area contributed by atoms with Crippen LogP contribution in [0.1, 0.15) is 18.1 Å². The van der Waals surface area contributed by atoms with Gasteiger partial charge in [-0.2, -0.15) is 0 Å². The third-order valence-corrected chi connectivity index (χ3v) is 4.31. The smallest absolute Gasteiger partial charge is 0.239 e. The topological polar surface area (TPSA) is 32.8 Å². The number of likely N-dealkylation sites (N-methyl/N-ethyl adjacent to an activating group) is 2. The quantitative estimate of drug-likeness (QED) is 0.772. The lowest BCUT2D eigenvalue weighted by atomic mass is 10.1. The minimum absolute atomic E-state index is 0.0281. The first kappa shape index (κ1) is 18.9. The summed E-state index contributed by atoms with van der Waals surface area (Å²) in [5.74, 6) is -0.146. The van der Waals surface area contributed by atoms with E-state index in [9.17, 15) is 9.18 Å². The Morgan fingerprint density at radius 1 is 1.08 bits per heavy atom. The van der Waals surface area contributed by atoms with Gasteiger partial charge in [0, 0.05) is 20.1 Å². The minimum atomic E-state index is -0.395. The number of hydrogen-bond acceptors (Lipinski definition) is 3. The SMILES string of the molecule is COc1ccc(CN(C)[C@H](C)C(=O)N(C)Cc2ccccc2)cc1F. The van der Waals surface area contributed by atoms with E-state index in [0.29, 0.717) is 13.1 Å². The Balaban J connectivity index is 1.97. The van der Waals surface area contributed by atoms with Crippen LogP contribution in [0.15, 0.2) is 48.5 Å². The second-order valence-electron chi connectivity index (χ2n) is 6.24. The second kappa shape index (κ2) is 8.62. The van der Waals surface area contributed by atoms with E-state index in [4.69, 9.17) is 4.74 Å². The number of ether oxygens (including phenoxy) is 1. The summed E-state index contributed by atoms with van der Waals surface area (Å²) in [5.41, 5.74) is 1.89. The van der Waals surface area contributed by atoms with Crippen molar-refractivity contribution in [2.24, 2.45) is 0 Å². The van der Waals surface area contributed by atoms with E-state index >= 15 is 0 Å². The van der Waals surface area contributed by atoms with Crippen molar-refractivity contribution in [1.29, 1.82) is 0 Å². The molecule has 25 heavy (non-hydrogen) atoms. The molecule has 4 nitrogen and oxygen atoms in total. The summed E-state index contributed by atoms with van der Waals surface area (Å²) >= 11 is 0. The summed E-state index contributed by atoms with van der Waals surface area (Å²) < 4.78 is 18.7. The molecule has 2 aromatic carbocycles. The maximum atomic E-state index is 13.8. The van der Waals surface area contributed by atoms with Crippen LogP contribution >= 0.6 is 0 Å². The van der Waals surface area contributed by atoms with Gasteiger partial charge in [-0.25, -0.2) is 4.39 Å². The number of halogens is 1. The number of nitrogens with zero attached hydrogens (tertiary/aromatic N) is 2. The fourth-order valence-electron chi connectivity index (χ4n) is 2.68. The van der Waals surface area contributed by atoms with Gasteiger partial charge in [0.25, 0.3) is 0 Å². The average Bonchev–Trinajstić information content (AvgIpc) is 2.61. The van der Waals surface area contributed by atoms with Crippen molar-refractivity contribution in [1.82, 2.24) is 9.80 Å². The van der Waals surface area contributed by atoms with Gasteiger partial charge in [-0.05, 0) is 37.2 Å². The van der Waals surface area contributed by atoms with Crippen molar-refractivity contribution in [3.8, 4) is 5.75 Å². The van der Waals surface area contributed by atoms with E-state index in [-0.39, 0.29) is 17.7 Å². The molecule has 0 unspecified atom stereocenters. The van der Waals surface area contributed by atoms with E-state index in [2.05, 4.69) is 0 Å². The maximum absolute atomic E-state index is 13.8. The van der Waals surface area contributed by atoms with E-state index in [1.807, 2.05) is 55.3 Å². The normalized spacial score (nSPS) is 12.1. The zero-order chi connectivity index (χ0) is 18.4. The minimum Gasteiger partial charge on any atom is -0.494 e. The molecule has 0 saturated heterocycles. The van der Waals surface area contributed by atoms with Crippen LogP contribution in [-0.4, -0.2) is 43.0 Å². The number of rotatable bonds is 7. The second-order valence-corrected chi connectivity index (χ2v) is 6.24. The van der Waals surface area contributed by atoms with Crippen molar-refractivity contribution in [2.45, 2.75) is 26.1 Å². The molecular formula is C20H25FN2O2. The van der Waals surface area contributed by atoms with Crippen LogP contribution in [0, 0.1) is 5.82 Å². The van der Waals surface area contributed by atoms with Gasteiger partial charge >= 0.3 is 0 Å². The molecule has 0 aliphatic rings. The van der Waals surface area contributed by atoms with Gasteiger partial charge < -0.3 is 9.64 Å². The van der Waals surface area contributed by atoms with Crippen LogP contribution in [0.25, 0.3) is 0 Å². The summed E-state index contributed by atoms with van der Waals surface area (Å²) in [4.78, 5) is 16.3. The molecule has 0 spiro atoms. The first-order chi connectivity index (χ1) is 11.9. The summed E-state index contributed by atoms with van der Waals surface area (Å²) in [6.07, 6.45) is 0. The molecule has 0 aliphatic carbocycles. The maximum Gasteiger partial charge on any atom is 0.239 e. The average molecular weight is 344 g/mol. The molecule has 0 aromatic heterocycles. The molecule has 0 radical (unpaired) electrons. The van der Waals surface area contributed by atoms with E-state index < -0.39 is 5.82 Å². The zero-order valence-corrected chi connectivity index (χ0v) is 15.2. The van der Waals surface area contributed by atoms with Crippen LogP contribution < -0.4 is 4.74 Å². The van der Waals surface area contributed by atoms with Crippen LogP contribution in [0.4, 0.5) is 4.39 Å². The Labute approximate surface area is 148 Å². The van der Waals surface area contributed by atoms with Gasteiger partial charge in [0.15, 0.2) is 11.6 Å². The highest BCUT2D eigenvalue weighted by Gasteiger charge is 2.22. The summed E-state index contributed by atoms with van der Waals surface area (Å²) in [5, 5.41) is 0. The molecule has 0 heterocycles. The number of hydrogen-bond donors (Lipinski definition) is 0. The Kier molecular flexibility index (Phi) is 6.53. The number of carbonyl (C=O) groups is 1. The first-order valence-corrected chi connectivity index (χ1v) is 8.24. The summed E-state index contributed by atoms with van der Waals surface area (Å²) in [7, 11) is 5.10. The molecule has 1 atom stereocenters. The lowest BCUT2D eigenvalue weighted by Crippen LogP contribution is -2.43. The molecule has 0 bridgehead atoms. The molecule has 5 heteroatoms. The third kappa shape index (κ3) is 5.03. The molecule has 2 aromatic rings. The molecule has 0 N–H and O–H groups in total. The Morgan fingerprint density at radius 3 is 2.36 bits per heavy atom. The highest BCUT2D eigenvalue weighted by Crippen LogP contribution is 2.19. The van der Waals surface area contributed by atoms with Crippen LogP contribution in [0.3, 0.4) is 0 Å². The van der Waals surface area contributed by atoms with Gasteiger partial charge in [0.1, 0.15) is 0 Å². The standard InChI is InChI=1S/C20H25FN2O2/c1-15(20(24)23(3)13-16-8-6-5-7-9-16)22(2)14-17-10-11-19(25-4)18(21)12-17/h5-12,15H,13-14H2,1-4H3/t15-/m1/s1. The van der Waals surface area contributed by atoms with E-state index in [0.717, 1.165) is 11.1 Å². The zero-order valence-electron chi connectivity index (χ0n) is 15.2. The molecular weight excluding hydrogens is 319 g/mol. The van der Waals surface area contributed by atoms with E-state index in [1.165, 1.54) is 13.2 Å². The van der Waals surface area contributed by atoms with Gasteiger partial charge in [-0.15, -0.1) is 0 Å². The summed E-state index contributed by atoms with van der Waals surface area (Å²) in [6.45, 7) is 2.91. The first-order valence-electron chi connectivity index (χ1n) is 8.24. The van der Waals surface area contributed by atoms with Gasteiger partial charge in [-0.3, -0.25) is 9.69 Å². The molecule has 2 rings (SSSR count). The van der Waals surface area contributed by atoms with Crippen molar-refractivity contribution < 1.29 is 13.9 Å². The fraction of sp³-hybridized carbons (Fsp3) is 0.350. The number of amides is 1. The van der Waals surface area contributed by atoms with Gasteiger partial charge in [0.2, 0.25) is 5.91 Å².